The van der Waals surface area contributed by atoms with Crippen LogP contribution in [0.4, 0.5) is 5.69 Å². The summed E-state index contributed by atoms with van der Waals surface area (Å²) in [5.41, 5.74) is 7.23. The van der Waals surface area contributed by atoms with E-state index in [1.54, 1.807) is 18.2 Å². The Balaban J connectivity index is 2.35. The van der Waals surface area contributed by atoms with Crippen molar-refractivity contribution in [2.24, 2.45) is 0 Å². The smallest absolute Gasteiger partial charge is 0.251 e. The predicted octanol–water partition coefficient (Wildman–Crippen LogP) is 2.33. The number of nitrogens with zero attached hydrogens (tertiary/aromatic N) is 2. The molecule has 1 aromatic heterocycles. The molecule has 0 saturated heterocycles. The fourth-order valence-corrected chi connectivity index (χ4v) is 2.62. The number of hydrogen-bond acceptors (Lipinski definition) is 5. The van der Waals surface area contributed by atoms with Crippen LogP contribution >= 0.6 is 11.8 Å². The average Bonchev–Trinajstić information content (AvgIpc) is 2.40. The molecule has 20 heavy (non-hydrogen) atoms. The quantitative estimate of drug-likeness (QED) is 0.664. The van der Waals surface area contributed by atoms with Crippen LogP contribution in [0.25, 0.3) is 0 Å². The van der Waals surface area contributed by atoms with E-state index in [4.69, 9.17) is 11.0 Å². The molecule has 0 spiro atoms. The topological polar surface area (TPSA) is 95.6 Å². The molecule has 3 N–H and O–H groups in total. The van der Waals surface area contributed by atoms with Gasteiger partial charge < -0.3 is 10.7 Å². The molecule has 0 aliphatic rings. The van der Waals surface area contributed by atoms with Crippen molar-refractivity contribution in [3.8, 4) is 6.07 Å². The molecule has 1 heterocycles. The first-order valence-corrected chi connectivity index (χ1v) is 7.01. The van der Waals surface area contributed by atoms with Crippen molar-refractivity contribution in [3.63, 3.8) is 0 Å². The summed E-state index contributed by atoms with van der Waals surface area (Å²) in [6.45, 7) is 2.03. The van der Waals surface area contributed by atoms with E-state index in [1.165, 1.54) is 17.8 Å². The molecule has 0 saturated carbocycles. The van der Waals surface area contributed by atoms with Gasteiger partial charge in [0.2, 0.25) is 0 Å². The van der Waals surface area contributed by atoms with E-state index in [1.807, 2.05) is 6.92 Å². The molecule has 0 amide bonds. The fraction of sp³-hybridized carbons (Fsp3) is 0.214. The maximum Gasteiger partial charge on any atom is 0.251 e. The summed E-state index contributed by atoms with van der Waals surface area (Å²) >= 11 is 1.26. The second-order valence-corrected chi connectivity index (χ2v) is 5.29. The van der Waals surface area contributed by atoms with Gasteiger partial charge in [0.15, 0.2) is 5.16 Å². The molecule has 102 valence electrons. The Morgan fingerprint density at radius 1 is 1.45 bits per heavy atom. The zero-order valence-corrected chi connectivity index (χ0v) is 11.8. The lowest BCUT2D eigenvalue weighted by atomic mass is 10.2. The van der Waals surface area contributed by atoms with Crippen LogP contribution < -0.4 is 11.3 Å². The van der Waals surface area contributed by atoms with Crippen molar-refractivity contribution < 1.29 is 0 Å². The highest BCUT2D eigenvalue weighted by atomic mass is 32.2. The minimum atomic E-state index is -0.181. The largest absolute Gasteiger partial charge is 0.399 e. The summed E-state index contributed by atoms with van der Waals surface area (Å²) in [6.07, 6.45) is 1.68. The summed E-state index contributed by atoms with van der Waals surface area (Å²) in [4.78, 5) is 19.4. The Hall–Kier alpha value is -2.26. The van der Waals surface area contributed by atoms with Crippen LogP contribution in [0.3, 0.4) is 0 Å². The van der Waals surface area contributed by atoms with E-state index in [9.17, 15) is 4.79 Å². The highest BCUT2D eigenvalue weighted by molar-refractivity contribution is 7.99. The minimum absolute atomic E-state index is 0.181. The number of H-pyrrole nitrogens is 1. The third-order valence-corrected chi connectivity index (χ3v) is 3.57. The Kier molecular flexibility index (Phi) is 4.43. The number of nitriles is 1. The Morgan fingerprint density at radius 3 is 2.95 bits per heavy atom. The lowest BCUT2D eigenvalue weighted by Gasteiger charge is -2.05. The van der Waals surface area contributed by atoms with Crippen LogP contribution in [-0.4, -0.2) is 9.97 Å². The molecule has 0 bridgehead atoms. The molecule has 0 aliphatic heterocycles. The summed E-state index contributed by atoms with van der Waals surface area (Å²) in [7, 11) is 0. The van der Waals surface area contributed by atoms with E-state index in [0.717, 1.165) is 23.4 Å². The van der Waals surface area contributed by atoms with Crippen LogP contribution in [0.2, 0.25) is 0 Å². The minimum Gasteiger partial charge on any atom is -0.399 e. The third kappa shape index (κ3) is 3.39. The number of aromatic amines is 1. The van der Waals surface area contributed by atoms with E-state index >= 15 is 0 Å². The van der Waals surface area contributed by atoms with E-state index in [-0.39, 0.29) is 5.56 Å². The van der Waals surface area contributed by atoms with Crippen molar-refractivity contribution in [2.75, 3.05) is 5.73 Å². The van der Waals surface area contributed by atoms with Gasteiger partial charge in [-0.2, -0.15) is 5.26 Å². The van der Waals surface area contributed by atoms with Gasteiger partial charge in [0, 0.05) is 22.3 Å². The summed E-state index contributed by atoms with van der Waals surface area (Å²) in [6, 6.07) is 8.67. The molecule has 5 nitrogen and oxygen atoms in total. The van der Waals surface area contributed by atoms with Crippen molar-refractivity contribution in [2.45, 2.75) is 29.8 Å². The number of aryl methyl sites for hydroxylation is 1. The van der Waals surface area contributed by atoms with Gasteiger partial charge >= 0.3 is 0 Å². The number of nitrogens with two attached hydrogens (primary N) is 1. The summed E-state index contributed by atoms with van der Waals surface area (Å²) < 4.78 is 0. The van der Waals surface area contributed by atoms with Gasteiger partial charge in [-0.15, -0.1) is 0 Å². The van der Waals surface area contributed by atoms with E-state index in [0.29, 0.717) is 16.4 Å². The normalized spacial score (nSPS) is 10.2. The Labute approximate surface area is 120 Å². The molecule has 2 aromatic rings. The van der Waals surface area contributed by atoms with Crippen LogP contribution in [0.15, 0.2) is 39.1 Å². The van der Waals surface area contributed by atoms with Crippen LogP contribution in [0.1, 0.15) is 24.6 Å². The number of aromatic nitrogens is 2. The number of benzene rings is 1. The molecule has 2 rings (SSSR count). The molecule has 6 heteroatoms. The molecular formula is C14H14N4OS. The van der Waals surface area contributed by atoms with Crippen molar-refractivity contribution in [1.29, 1.82) is 5.26 Å². The van der Waals surface area contributed by atoms with Gasteiger partial charge in [-0.1, -0.05) is 25.1 Å². The molecule has 0 aliphatic carbocycles. The van der Waals surface area contributed by atoms with Crippen LogP contribution in [0.5, 0.6) is 0 Å². The van der Waals surface area contributed by atoms with Gasteiger partial charge in [0.1, 0.15) is 6.07 Å². The number of hydrogen-bond donors (Lipinski definition) is 2. The van der Waals surface area contributed by atoms with Gasteiger partial charge in [0.05, 0.1) is 5.56 Å². The zero-order valence-electron chi connectivity index (χ0n) is 11.0. The number of nitrogens with one attached hydrogen (secondary N) is 1. The summed E-state index contributed by atoms with van der Waals surface area (Å²) in [5.74, 6) is 0. The SMILES string of the molecule is CCCc1cc(=O)[nH]c(Sc2ccc(N)cc2C#N)n1. The zero-order chi connectivity index (χ0) is 14.5. The van der Waals surface area contributed by atoms with E-state index < -0.39 is 0 Å². The monoisotopic (exact) mass is 286 g/mol. The van der Waals surface area contributed by atoms with Crippen LogP contribution in [-0.2, 0) is 6.42 Å². The lowest BCUT2D eigenvalue weighted by molar-refractivity contribution is 0.816. The first-order chi connectivity index (χ1) is 9.62. The second kappa shape index (κ2) is 6.26. The third-order valence-electron chi connectivity index (χ3n) is 2.61. The first-order valence-electron chi connectivity index (χ1n) is 6.20. The van der Waals surface area contributed by atoms with Gasteiger partial charge in [-0.25, -0.2) is 4.98 Å². The molecule has 0 radical (unpaired) electrons. The number of rotatable bonds is 4. The molecule has 0 unspecified atom stereocenters. The van der Waals surface area contributed by atoms with Crippen molar-refractivity contribution >= 4 is 17.4 Å². The maximum absolute atomic E-state index is 11.6. The predicted molar refractivity (Wildman–Crippen MR) is 78.5 cm³/mol. The molecule has 0 atom stereocenters. The van der Waals surface area contributed by atoms with Crippen molar-refractivity contribution in [3.05, 3.63) is 45.9 Å². The highest BCUT2D eigenvalue weighted by Gasteiger charge is 2.08. The molecular weight excluding hydrogens is 272 g/mol. The number of anilines is 1. The standard InChI is InChI=1S/C14H14N4OS/c1-2-3-11-7-13(19)18-14(17-11)20-12-5-4-10(16)6-9(12)8-15/h4-7H,2-3,16H2,1H3,(H,17,18,19). The van der Waals surface area contributed by atoms with Gasteiger partial charge in [-0.05, 0) is 24.6 Å². The fourth-order valence-electron chi connectivity index (χ4n) is 1.74. The van der Waals surface area contributed by atoms with Crippen LogP contribution in [0, 0.1) is 11.3 Å². The summed E-state index contributed by atoms with van der Waals surface area (Å²) in [5, 5.41) is 9.59. The lowest BCUT2D eigenvalue weighted by Crippen LogP contribution is -2.09. The van der Waals surface area contributed by atoms with E-state index in [2.05, 4.69) is 16.0 Å². The van der Waals surface area contributed by atoms with Gasteiger partial charge in [-0.3, -0.25) is 4.79 Å². The molecule has 1 aromatic carbocycles. The average molecular weight is 286 g/mol. The number of nitrogen functional groups attached to an aromatic ring is 1. The maximum atomic E-state index is 11.6. The second-order valence-electron chi connectivity index (χ2n) is 4.26. The Morgan fingerprint density at radius 2 is 2.25 bits per heavy atom. The Bertz CT molecular complexity index is 718. The first kappa shape index (κ1) is 14.2. The molecule has 0 fully saturated rings. The highest BCUT2D eigenvalue weighted by Crippen LogP contribution is 2.28. The van der Waals surface area contributed by atoms with Crippen molar-refractivity contribution in [1.82, 2.24) is 9.97 Å². The van der Waals surface area contributed by atoms with Gasteiger partial charge in [0.25, 0.3) is 5.56 Å².